The number of nitrogens with two attached hydrogens (primary N) is 1. The highest BCUT2D eigenvalue weighted by molar-refractivity contribution is 5.91. The minimum atomic E-state index is -0.368. The molecule has 114 valence electrons. The average molecular weight is 313 g/mol. The summed E-state index contributed by atoms with van der Waals surface area (Å²) in [6.07, 6.45) is 1.73. The van der Waals surface area contributed by atoms with Crippen molar-refractivity contribution in [2.75, 3.05) is 5.32 Å². The highest BCUT2D eigenvalue weighted by atomic mass is 35.5. The van der Waals surface area contributed by atoms with Crippen LogP contribution >= 0.6 is 12.4 Å². The van der Waals surface area contributed by atoms with Crippen molar-refractivity contribution >= 4 is 24.0 Å². The SMILES string of the molecule is Cc1c(NC(=O)CC(C)N)cnn1-c1ccccc1F.Cl. The van der Waals surface area contributed by atoms with Crippen LogP contribution in [0.2, 0.25) is 0 Å². The third kappa shape index (κ3) is 4.03. The van der Waals surface area contributed by atoms with Gasteiger partial charge < -0.3 is 11.1 Å². The molecule has 1 amide bonds. The first-order valence-corrected chi connectivity index (χ1v) is 6.34. The van der Waals surface area contributed by atoms with E-state index in [9.17, 15) is 9.18 Å². The average Bonchev–Trinajstić information content (AvgIpc) is 2.71. The van der Waals surface area contributed by atoms with Crippen molar-refractivity contribution in [1.82, 2.24) is 9.78 Å². The Balaban J connectivity index is 0.00000220. The number of carbonyl (C=O) groups is 1. The van der Waals surface area contributed by atoms with E-state index >= 15 is 0 Å². The number of aromatic nitrogens is 2. The number of halogens is 2. The van der Waals surface area contributed by atoms with Crippen molar-refractivity contribution in [3.8, 4) is 5.69 Å². The molecule has 1 heterocycles. The number of amides is 1. The fraction of sp³-hybridized carbons (Fsp3) is 0.286. The molecule has 5 nitrogen and oxygen atoms in total. The predicted octanol–water partition coefficient (Wildman–Crippen LogP) is 2.42. The number of nitrogens with one attached hydrogen (secondary N) is 1. The largest absolute Gasteiger partial charge is 0.327 e. The summed E-state index contributed by atoms with van der Waals surface area (Å²) in [5, 5.41) is 6.84. The summed E-state index contributed by atoms with van der Waals surface area (Å²) >= 11 is 0. The zero-order valence-electron chi connectivity index (χ0n) is 11.8. The number of nitrogens with zero attached hydrogens (tertiary/aromatic N) is 2. The molecule has 7 heteroatoms. The van der Waals surface area contributed by atoms with Gasteiger partial charge in [-0.05, 0) is 26.0 Å². The molecule has 0 radical (unpaired) electrons. The number of carbonyl (C=O) groups excluding carboxylic acids is 1. The van der Waals surface area contributed by atoms with Gasteiger partial charge in [0, 0.05) is 12.5 Å². The summed E-state index contributed by atoms with van der Waals surface area (Å²) < 4.78 is 15.2. The molecule has 0 saturated heterocycles. The van der Waals surface area contributed by atoms with Crippen LogP contribution in [0.25, 0.3) is 5.69 Å². The van der Waals surface area contributed by atoms with E-state index < -0.39 is 0 Å². The van der Waals surface area contributed by atoms with Crippen LogP contribution in [-0.4, -0.2) is 21.7 Å². The minimum Gasteiger partial charge on any atom is -0.327 e. The number of hydrogen-bond donors (Lipinski definition) is 2. The first kappa shape index (κ1) is 17.1. The molecule has 0 fully saturated rings. The second-order valence-electron chi connectivity index (χ2n) is 4.74. The number of anilines is 1. The van der Waals surface area contributed by atoms with E-state index in [-0.39, 0.29) is 36.6 Å². The van der Waals surface area contributed by atoms with Gasteiger partial charge in [-0.3, -0.25) is 4.79 Å². The van der Waals surface area contributed by atoms with Gasteiger partial charge in [-0.15, -0.1) is 12.4 Å². The van der Waals surface area contributed by atoms with Crippen LogP contribution in [0.3, 0.4) is 0 Å². The summed E-state index contributed by atoms with van der Waals surface area (Å²) in [6.45, 7) is 3.52. The van der Waals surface area contributed by atoms with Crippen LogP contribution in [0.15, 0.2) is 30.5 Å². The Morgan fingerprint density at radius 3 is 2.76 bits per heavy atom. The molecular formula is C14H18ClFN4O. The van der Waals surface area contributed by atoms with E-state index in [4.69, 9.17) is 5.73 Å². The van der Waals surface area contributed by atoms with E-state index in [1.165, 1.54) is 16.9 Å². The van der Waals surface area contributed by atoms with Crippen LogP contribution in [0, 0.1) is 12.7 Å². The third-order valence-corrected chi connectivity index (χ3v) is 2.87. The smallest absolute Gasteiger partial charge is 0.226 e. The van der Waals surface area contributed by atoms with Gasteiger partial charge in [0.05, 0.1) is 17.6 Å². The number of hydrogen-bond acceptors (Lipinski definition) is 3. The van der Waals surface area contributed by atoms with Gasteiger partial charge in [0.25, 0.3) is 0 Å². The lowest BCUT2D eigenvalue weighted by Gasteiger charge is -2.08. The molecule has 1 atom stereocenters. The van der Waals surface area contributed by atoms with Crippen LogP contribution in [0.5, 0.6) is 0 Å². The highest BCUT2D eigenvalue weighted by Gasteiger charge is 2.13. The number of para-hydroxylation sites is 1. The molecule has 0 bridgehead atoms. The first-order valence-electron chi connectivity index (χ1n) is 6.34. The molecule has 1 aromatic carbocycles. The molecule has 1 aromatic heterocycles. The maximum atomic E-state index is 13.7. The molecule has 0 aliphatic heterocycles. The standard InChI is InChI=1S/C14H17FN4O.ClH/c1-9(16)7-14(20)18-12-8-17-19(10(12)2)13-6-4-3-5-11(13)15;/h3-6,8-9H,7,16H2,1-2H3,(H,18,20);1H. The van der Waals surface area contributed by atoms with Crippen LogP contribution < -0.4 is 11.1 Å². The van der Waals surface area contributed by atoms with Crippen LogP contribution in [0.1, 0.15) is 19.0 Å². The van der Waals surface area contributed by atoms with E-state index in [0.717, 1.165) is 0 Å². The second-order valence-corrected chi connectivity index (χ2v) is 4.74. The first-order chi connectivity index (χ1) is 9.49. The van der Waals surface area contributed by atoms with Crippen molar-refractivity contribution in [3.05, 3.63) is 42.0 Å². The molecule has 21 heavy (non-hydrogen) atoms. The number of benzene rings is 1. The van der Waals surface area contributed by atoms with Crippen molar-refractivity contribution in [3.63, 3.8) is 0 Å². The zero-order valence-corrected chi connectivity index (χ0v) is 12.7. The summed E-state index contributed by atoms with van der Waals surface area (Å²) in [5.74, 6) is -0.552. The molecule has 2 rings (SSSR count). The molecule has 0 aliphatic rings. The number of rotatable bonds is 4. The van der Waals surface area contributed by atoms with Crippen molar-refractivity contribution in [2.24, 2.45) is 5.73 Å². The van der Waals surface area contributed by atoms with Gasteiger partial charge in [0.2, 0.25) is 5.91 Å². The monoisotopic (exact) mass is 312 g/mol. The third-order valence-electron chi connectivity index (χ3n) is 2.87. The lowest BCUT2D eigenvalue weighted by atomic mass is 10.2. The second kappa shape index (κ2) is 7.19. The van der Waals surface area contributed by atoms with Gasteiger partial charge in [-0.1, -0.05) is 12.1 Å². The maximum Gasteiger partial charge on any atom is 0.226 e. The Kier molecular flexibility index (Phi) is 5.87. The summed E-state index contributed by atoms with van der Waals surface area (Å²) in [7, 11) is 0. The Morgan fingerprint density at radius 1 is 1.48 bits per heavy atom. The molecule has 2 aromatic rings. The topological polar surface area (TPSA) is 72.9 Å². The molecule has 0 aliphatic carbocycles. The molecule has 1 unspecified atom stereocenters. The Bertz CT molecular complexity index is 627. The highest BCUT2D eigenvalue weighted by Crippen LogP contribution is 2.20. The van der Waals surface area contributed by atoms with E-state index in [1.807, 2.05) is 0 Å². The van der Waals surface area contributed by atoms with Crippen LogP contribution in [-0.2, 0) is 4.79 Å². The normalized spacial score (nSPS) is 11.6. The van der Waals surface area contributed by atoms with E-state index in [0.29, 0.717) is 17.1 Å². The predicted molar refractivity (Wildman–Crippen MR) is 82.4 cm³/mol. The minimum absolute atomic E-state index is 0. The fourth-order valence-corrected chi connectivity index (χ4v) is 1.89. The Morgan fingerprint density at radius 2 is 2.14 bits per heavy atom. The van der Waals surface area contributed by atoms with Crippen molar-refractivity contribution in [2.45, 2.75) is 26.3 Å². The zero-order chi connectivity index (χ0) is 14.7. The van der Waals surface area contributed by atoms with Gasteiger partial charge in [0.1, 0.15) is 11.5 Å². The van der Waals surface area contributed by atoms with Gasteiger partial charge in [0.15, 0.2) is 0 Å². The van der Waals surface area contributed by atoms with Gasteiger partial charge in [-0.25, -0.2) is 9.07 Å². The van der Waals surface area contributed by atoms with E-state index in [1.54, 1.807) is 32.0 Å². The summed E-state index contributed by atoms with van der Waals surface area (Å²) in [4.78, 5) is 11.7. The lowest BCUT2D eigenvalue weighted by molar-refractivity contribution is -0.116. The van der Waals surface area contributed by atoms with Crippen molar-refractivity contribution in [1.29, 1.82) is 0 Å². The quantitative estimate of drug-likeness (QED) is 0.910. The molecular weight excluding hydrogens is 295 g/mol. The Labute approximate surface area is 128 Å². The van der Waals surface area contributed by atoms with Crippen molar-refractivity contribution < 1.29 is 9.18 Å². The summed E-state index contributed by atoms with van der Waals surface area (Å²) in [6, 6.07) is 6.13. The molecule has 0 spiro atoms. The van der Waals surface area contributed by atoms with Gasteiger partial charge in [-0.2, -0.15) is 5.10 Å². The molecule has 0 saturated carbocycles. The van der Waals surface area contributed by atoms with E-state index in [2.05, 4.69) is 10.4 Å². The lowest BCUT2D eigenvalue weighted by Crippen LogP contribution is -2.24. The molecule has 3 N–H and O–H groups in total. The Hall–Kier alpha value is -1.92. The maximum absolute atomic E-state index is 13.7. The fourth-order valence-electron chi connectivity index (χ4n) is 1.89. The summed E-state index contributed by atoms with van der Waals surface area (Å²) in [5.41, 5.74) is 7.13. The van der Waals surface area contributed by atoms with Crippen LogP contribution in [0.4, 0.5) is 10.1 Å². The van der Waals surface area contributed by atoms with Gasteiger partial charge >= 0.3 is 0 Å².